The molecule has 2 aromatic rings. The van der Waals surface area contributed by atoms with Gasteiger partial charge in [0, 0.05) is 22.7 Å². The van der Waals surface area contributed by atoms with Crippen molar-refractivity contribution < 1.29 is 19.1 Å². The van der Waals surface area contributed by atoms with E-state index in [9.17, 15) is 9.59 Å². The maximum Gasteiger partial charge on any atom is 0.326 e. The Kier molecular flexibility index (Phi) is 4.02. The molecule has 112 valence electrons. The molecule has 2 rings (SSSR count). The monoisotopic (exact) mass is 289 g/mol. The molecule has 1 aromatic carbocycles. The molecule has 1 heterocycles. The molecule has 0 unspecified atom stereocenters. The molecule has 0 aliphatic carbocycles. The Labute approximate surface area is 123 Å². The average molecular weight is 289 g/mol. The lowest BCUT2D eigenvalue weighted by molar-refractivity contribution is -0.155. The molecule has 0 atom stereocenters. The zero-order chi connectivity index (χ0) is 15.6. The van der Waals surface area contributed by atoms with Crippen molar-refractivity contribution in [3.05, 3.63) is 30.0 Å². The minimum atomic E-state index is -0.531. The summed E-state index contributed by atoms with van der Waals surface area (Å²) >= 11 is 0. The Hall–Kier alpha value is -2.30. The van der Waals surface area contributed by atoms with Crippen LogP contribution in [0.25, 0.3) is 10.9 Å². The number of fused-ring (bicyclic) bond motifs is 1. The Bertz CT molecular complexity index is 679. The van der Waals surface area contributed by atoms with E-state index in [2.05, 4.69) is 0 Å². The molecule has 5 nitrogen and oxygen atoms in total. The quantitative estimate of drug-likeness (QED) is 0.641. The number of nitrogens with zero attached hydrogens (tertiary/aromatic N) is 1. The smallest absolute Gasteiger partial charge is 0.326 e. The fourth-order valence-corrected chi connectivity index (χ4v) is 2.17. The molecule has 0 bridgehead atoms. The first-order valence-corrected chi connectivity index (χ1v) is 6.68. The van der Waals surface area contributed by atoms with Crippen molar-refractivity contribution in [3.8, 4) is 5.75 Å². The van der Waals surface area contributed by atoms with Crippen LogP contribution in [0, 0.1) is 0 Å². The van der Waals surface area contributed by atoms with Gasteiger partial charge in [-0.25, -0.2) is 0 Å². The molecule has 0 saturated heterocycles. The van der Waals surface area contributed by atoms with E-state index in [-0.39, 0.29) is 12.5 Å². The molecule has 0 radical (unpaired) electrons. The topological polar surface area (TPSA) is 57.5 Å². The zero-order valence-electron chi connectivity index (χ0n) is 12.7. The Balaban J connectivity index is 2.36. The number of esters is 1. The van der Waals surface area contributed by atoms with Crippen LogP contribution in [0.3, 0.4) is 0 Å². The summed E-state index contributed by atoms with van der Waals surface area (Å²) in [6.07, 6.45) is 2.42. The highest BCUT2D eigenvalue weighted by Crippen LogP contribution is 2.25. The first kappa shape index (κ1) is 15.1. The molecule has 0 spiro atoms. The van der Waals surface area contributed by atoms with Crippen LogP contribution in [0.1, 0.15) is 31.1 Å². The predicted molar refractivity (Wildman–Crippen MR) is 79.7 cm³/mol. The van der Waals surface area contributed by atoms with E-state index in [0.717, 1.165) is 17.2 Å². The number of aromatic nitrogens is 1. The van der Waals surface area contributed by atoms with Crippen molar-refractivity contribution in [2.24, 2.45) is 0 Å². The molecule has 0 fully saturated rings. The first-order valence-electron chi connectivity index (χ1n) is 6.68. The van der Waals surface area contributed by atoms with E-state index in [4.69, 9.17) is 9.47 Å². The molecule has 21 heavy (non-hydrogen) atoms. The lowest BCUT2D eigenvalue weighted by Crippen LogP contribution is -2.26. The summed E-state index contributed by atoms with van der Waals surface area (Å²) in [6.45, 7) is 5.52. The van der Waals surface area contributed by atoms with E-state index < -0.39 is 5.60 Å². The lowest BCUT2D eigenvalue weighted by atomic mass is 10.2. The summed E-state index contributed by atoms with van der Waals surface area (Å²) in [5, 5.41) is 0.757. The molecule has 1 aromatic heterocycles. The Morgan fingerprint density at radius 3 is 2.62 bits per heavy atom. The fraction of sp³-hybridized carbons (Fsp3) is 0.375. The van der Waals surface area contributed by atoms with Crippen LogP contribution < -0.4 is 4.74 Å². The minimum absolute atomic E-state index is 0.0634. The van der Waals surface area contributed by atoms with Crippen molar-refractivity contribution >= 4 is 23.2 Å². The highest BCUT2D eigenvalue weighted by Gasteiger charge is 2.18. The van der Waals surface area contributed by atoms with Crippen LogP contribution in [0.15, 0.2) is 24.4 Å². The average Bonchev–Trinajstić information content (AvgIpc) is 2.73. The van der Waals surface area contributed by atoms with E-state index in [0.29, 0.717) is 11.3 Å². The molecule has 0 aliphatic heterocycles. The van der Waals surface area contributed by atoms with Crippen LogP contribution in [0.5, 0.6) is 5.75 Å². The molecule has 5 heteroatoms. The highest BCUT2D eigenvalue weighted by molar-refractivity contribution is 5.98. The van der Waals surface area contributed by atoms with Gasteiger partial charge in [-0.2, -0.15) is 0 Å². The second kappa shape index (κ2) is 5.60. The van der Waals surface area contributed by atoms with Gasteiger partial charge in [0.15, 0.2) is 6.29 Å². The van der Waals surface area contributed by atoms with E-state index in [1.807, 2.05) is 26.8 Å². The third-order valence-electron chi connectivity index (χ3n) is 2.97. The van der Waals surface area contributed by atoms with Gasteiger partial charge in [-0.05, 0) is 39.0 Å². The van der Waals surface area contributed by atoms with Gasteiger partial charge in [0.05, 0.1) is 7.11 Å². The fourth-order valence-electron chi connectivity index (χ4n) is 2.17. The van der Waals surface area contributed by atoms with Crippen LogP contribution in [-0.4, -0.2) is 29.5 Å². The van der Waals surface area contributed by atoms with E-state index in [1.165, 1.54) is 0 Å². The minimum Gasteiger partial charge on any atom is -0.497 e. The van der Waals surface area contributed by atoms with Crippen molar-refractivity contribution in [2.45, 2.75) is 32.9 Å². The highest BCUT2D eigenvalue weighted by atomic mass is 16.6. The number of methoxy groups -OCH3 is 1. The van der Waals surface area contributed by atoms with Gasteiger partial charge in [-0.1, -0.05) is 0 Å². The van der Waals surface area contributed by atoms with Gasteiger partial charge in [0.2, 0.25) is 0 Å². The maximum atomic E-state index is 11.9. The molecule has 0 amide bonds. The summed E-state index contributed by atoms with van der Waals surface area (Å²) in [5.74, 6) is 0.327. The standard InChI is InChI=1S/C16H19NO4/c1-16(2,3)21-15(19)9-17-8-11(10-18)13-7-12(20-4)5-6-14(13)17/h5-8,10H,9H2,1-4H3. The SMILES string of the molecule is COc1ccc2c(c1)c(C=O)cn2CC(=O)OC(C)(C)C. The number of carbonyl (C=O) groups is 2. The number of hydrogen-bond acceptors (Lipinski definition) is 4. The van der Waals surface area contributed by atoms with Gasteiger partial charge in [0.25, 0.3) is 0 Å². The van der Waals surface area contributed by atoms with Crippen molar-refractivity contribution in [1.82, 2.24) is 4.57 Å². The summed E-state index contributed by atoms with van der Waals surface area (Å²) in [6, 6.07) is 5.40. The Morgan fingerprint density at radius 2 is 2.05 bits per heavy atom. The zero-order valence-corrected chi connectivity index (χ0v) is 12.7. The summed E-state index contributed by atoms with van der Waals surface area (Å²) in [7, 11) is 1.57. The second-order valence-corrected chi connectivity index (χ2v) is 5.80. The first-order chi connectivity index (χ1) is 9.84. The number of aldehydes is 1. The van der Waals surface area contributed by atoms with Crippen molar-refractivity contribution in [2.75, 3.05) is 7.11 Å². The summed E-state index contributed by atoms with van der Waals surface area (Å²) in [5.41, 5.74) is 0.785. The van der Waals surface area contributed by atoms with Crippen LogP contribution in [0.2, 0.25) is 0 Å². The molecule has 0 saturated carbocycles. The normalized spacial score (nSPS) is 11.4. The number of carbonyl (C=O) groups excluding carboxylic acids is 2. The predicted octanol–water partition coefficient (Wildman–Crippen LogP) is 2.80. The third kappa shape index (κ3) is 3.42. The second-order valence-electron chi connectivity index (χ2n) is 5.80. The van der Waals surface area contributed by atoms with Gasteiger partial charge < -0.3 is 14.0 Å². The lowest BCUT2D eigenvalue weighted by Gasteiger charge is -2.19. The third-order valence-corrected chi connectivity index (χ3v) is 2.97. The van der Waals surface area contributed by atoms with Crippen molar-refractivity contribution in [3.63, 3.8) is 0 Å². The van der Waals surface area contributed by atoms with Crippen molar-refractivity contribution in [1.29, 1.82) is 0 Å². The molecule has 0 aliphatic rings. The number of rotatable bonds is 4. The van der Waals surface area contributed by atoms with Crippen LogP contribution in [-0.2, 0) is 16.1 Å². The van der Waals surface area contributed by atoms with Crippen LogP contribution in [0.4, 0.5) is 0 Å². The summed E-state index contributed by atoms with van der Waals surface area (Å²) < 4.78 is 12.2. The van der Waals surface area contributed by atoms with E-state index in [1.54, 1.807) is 30.0 Å². The summed E-state index contributed by atoms with van der Waals surface area (Å²) in [4.78, 5) is 23.1. The largest absolute Gasteiger partial charge is 0.497 e. The van der Waals surface area contributed by atoms with Gasteiger partial charge in [-0.3, -0.25) is 9.59 Å². The number of benzene rings is 1. The van der Waals surface area contributed by atoms with E-state index >= 15 is 0 Å². The maximum absolute atomic E-state index is 11.9. The van der Waals surface area contributed by atoms with Gasteiger partial charge in [0.1, 0.15) is 17.9 Å². The number of ether oxygens (including phenoxy) is 2. The van der Waals surface area contributed by atoms with Gasteiger partial charge in [-0.15, -0.1) is 0 Å². The molecule has 0 N–H and O–H groups in total. The molecular weight excluding hydrogens is 270 g/mol. The van der Waals surface area contributed by atoms with Gasteiger partial charge >= 0.3 is 5.97 Å². The Morgan fingerprint density at radius 1 is 1.33 bits per heavy atom. The van der Waals surface area contributed by atoms with Crippen LogP contribution >= 0.6 is 0 Å². The molecular formula is C16H19NO4. The number of hydrogen-bond donors (Lipinski definition) is 0.